The van der Waals surface area contributed by atoms with Crippen molar-refractivity contribution in [3.05, 3.63) is 130 Å². The van der Waals surface area contributed by atoms with Gasteiger partial charge in [-0.3, -0.25) is 14.4 Å². The normalized spacial score (nSPS) is 11.9. The maximum absolute atomic E-state index is 14.6. The fourth-order valence-corrected chi connectivity index (χ4v) is 5.22. The third kappa shape index (κ3) is 8.09. The molecule has 0 fully saturated rings. The molecule has 0 spiro atoms. The van der Waals surface area contributed by atoms with Gasteiger partial charge in [0.1, 0.15) is 11.5 Å². The number of thioether (sulfide) groups is 1. The second-order valence-electron chi connectivity index (χ2n) is 9.31. The SMILES string of the molecule is CCC(Sc1cccc(NC(=O)/C(=C\c2c(F)cccc2Cl)NC(=O)c2ccccc2)c1)C(=O)Nc1ccccc1C. The maximum atomic E-state index is 14.6. The van der Waals surface area contributed by atoms with Crippen molar-refractivity contribution in [3.63, 3.8) is 0 Å². The molecule has 1 atom stereocenters. The summed E-state index contributed by atoms with van der Waals surface area (Å²) in [5, 5.41) is 8.04. The van der Waals surface area contributed by atoms with Gasteiger partial charge in [-0.1, -0.05) is 67.1 Å². The molecule has 0 aromatic heterocycles. The minimum Gasteiger partial charge on any atom is -0.325 e. The number of halogens is 2. The first kappa shape index (κ1) is 30.6. The van der Waals surface area contributed by atoms with Crippen molar-refractivity contribution in [2.75, 3.05) is 10.6 Å². The van der Waals surface area contributed by atoms with Gasteiger partial charge < -0.3 is 16.0 Å². The van der Waals surface area contributed by atoms with E-state index in [4.69, 9.17) is 11.6 Å². The van der Waals surface area contributed by atoms with Crippen LogP contribution in [0.25, 0.3) is 6.08 Å². The van der Waals surface area contributed by atoms with Gasteiger partial charge in [0.2, 0.25) is 5.91 Å². The minimum absolute atomic E-state index is 0.0348. The first-order valence-corrected chi connectivity index (χ1v) is 14.5. The van der Waals surface area contributed by atoms with Crippen LogP contribution in [-0.2, 0) is 9.59 Å². The zero-order valence-corrected chi connectivity index (χ0v) is 24.6. The van der Waals surface area contributed by atoms with Crippen LogP contribution < -0.4 is 16.0 Å². The van der Waals surface area contributed by atoms with Crippen LogP contribution in [0.5, 0.6) is 0 Å². The standard InChI is InChI=1S/C33H29ClFN3O3S/c1-3-30(33(41)37-28-18-8-7-11-21(28)2)42-24-15-9-14-23(19-24)36-32(40)29(20-25-26(34)16-10-17-27(25)35)38-31(39)22-12-5-4-6-13-22/h4-20,30H,3H2,1-2H3,(H,36,40)(H,37,41)(H,38,39)/b29-20+. The number of amides is 3. The predicted octanol–water partition coefficient (Wildman–Crippen LogP) is 7.71. The van der Waals surface area contributed by atoms with Crippen molar-refractivity contribution < 1.29 is 18.8 Å². The molecule has 0 radical (unpaired) electrons. The quantitative estimate of drug-likeness (QED) is 0.128. The summed E-state index contributed by atoms with van der Waals surface area (Å²) < 4.78 is 14.6. The molecular formula is C33H29ClFN3O3S. The number of carbonyl (C=O) groups excluding carboxylic acids is 3. The Bertz CT molecular complexity index is 1610. The van der Waals surface area contributed by atoms with E-state index in [1.165, 1.54) is 36.0 Å². The lowest BCUT2D eigenvalue weighted by Gasteiger charge is -2.17. The van der Waals surface area contributed by atoms with E-state index in [0.29, 0.717) is 17.7 Å². The molecule has 0 heterocycles. The van der Waals surface area contributed by atoms with Gasteiger partial charge in [-0.05, 0) is 73.5 Å². The van der Waals surface area contributed by atoms with Crippen LogP contribution in [0, 0.1) is 12.7 Å². The van der Waals surface area contributed by atoms with E-state index in [2.05, 4.69) is 16.0 Å². The molecule has 4 aromatic carbocycles. The zero-order chi connectivity index (χ0) is 30.1. The minimum atomic E-state index is -0.676. The number of rotatable bonds is 10. The molecule has 1 unspecified atom stereocenters. The Labute approximate surface area is 253 Å². The van der Waals surface area contributed by atoms with Crippen molar-refractivity contribution in [2.24, 2.45) is 0 Å². The van der Waals surface area contributed by atoms with Crippen LogP contribution >= 0.6 is 23.4 Å². The summed E-state index contributed by atoms with van der Waals surface area (Å²) in [6, 6.07) is 27.1. The highest BCUT2D eigenvalue weighted by molar-refractivity contribution is 8.00. The molecule has 3 N–H and O–H groups in total. The molecular weight excluding hydrogens is 573 g/mol. The Morgan fingerprint density at radius 3 is 2.33 bits per heavy atom. The van der Waals surface area contributed by atoms with Gasteiger partial charge in [-0.2, -0.15) is 0 Å². The van der Waals surface area contributed by atoms with Crippen LogP contribution in [0.1, 0.15) is 34.8 Å². The molecule has 0 saturated heterocycles. The number of carbonyl (C=O) groups is 3. The highest BCUT2D eigenvalue weighted by Crippen LogP contribution is 2.29. The van der Waals surface area contributed by atoms with Crippen molar-refractivity contribution >= 4 is 58.5 Å². The van der Waals surface area contributed by atoms with Crippen molar-refractivity contribution in [1.29, 1.82) is 0 Å². The second kappa shape index (κ2) is 14.5. The molecule has 0 aliphatic heterocycles. The summed E-state index contributed by atoms with van der Waals surface area (Å²) in [6.45, 7) is 3.86. The van der Waals surface area contributed by atoms with E-state index in [1.54, 1.807) is 48.5 Å². The number of hydrogen-bond acceptors (Lipinski definition) is 4. The average molecular weight is 602 g/mol. The summed E-state index contributed by atoms with van der Waals surface area (Å²) in [5.74, 6) is -1.99. The molecule has 0 bridgehead atoms. The highest BCUT2D eigenvalue weighted by atomic mass is 35.5. The van der Waals surface area contributed by atoms with E-state index in [0.717, 1.165) is 16.1 Å². The molecule has 4 aromatic rings. The molecule has 0 aliphatic rings. The highest BCUT2D eigenvalue weighted by Gasteiger charge is 2.20. The molecule has 214 valence electrons. The van der Waals surface area contributed by atoms with Gasteiger partial charge in [-0.25, -0.2) is 4.39 Å². The van der Waals surface area contributed by atoms with E-state index < -0.39 is 17.6 Å². The number of benzene rings is 4. The Morgan fingerprint density at radius 1 is 0.905 bits per heavy atom. The van der Waals surface area contributed by atoms with Gasteiger partial charge in [0.25, 0.3) is 11.8 Å². The molecule has 6 nitrogen and oxygen atoms in total. The maximum Gasteiger partial charge on any atom is 0.272 e. The average Bonchev–Trinajstić information content (AvgIpc) is 2.99. The number of anilines is 2. The monoisotopic (exact) mass is 601 g/mol. The van der Waals surface area contributed by atoms with Crippen molar-refractivity contribution in [3.8, 4) is 0 Å². The van der Waals surface area contributed by atoms with Crippen LogP contribution in [0.4, 0.5) is 15.8 Å². The lowest BCUT2D eigenvalue weighted by molar-refractivity contribution is -0.116. The molecule has 0 saturated carbocycles. The molecule has 3 amide bonds. The van der Waals surface area contributed by atoms with E-state index in [1.807, 2.05) is 44.2 Å². The first-order chi connectivity index (χ1) is 20.2. The summed E-state index contributed by atoms with van der Waals surface area (Å²) in [6.07, 6.45) is 1.79. The molecule has 42 heavy (non-hydrogen) atoms. The van der Waals surface area contributed by atoms with Gasteiger partial charge in [0, 0.05) is 27.4 Å². The van der Waals surface area contributed by atoms with Crippen molar-refractivity contribution in [2.45, 2.75) is 30.4 Å². The number of para-hydroxylation sites is 1. The lowest BCUT2D eigenvalue weighted by Crippen LogP contribution is -2.30. The third-order valence-electron chi connectivity index (χ3n) is 6.25. The number of aryl methyl sites for hydroxylation is 1. The van der Waals surface area contributed by atoms with Crippen LogP contribution in [0.2, 0.25) is 5.02 Å². The topological polar surface area (TPSA) is 87.3 Å². The largest absolute Gasteiger partial charge is 0.325 e. The Hall–Kier alpha value is -4.40. The summed E-state index contributed by atoms with van der Waals surface area (Å²) in [5.41, 5.74) is 2.25. The first-order valence-electron chi connectivity index (χ1n) is 13.2. The third-order valence-corrected chi connectivity index (χ3v) is 7.94. The van der Waals surface area contributed by atoms with E-state index in [9.17, 15) is 18.8 Å². The Morgan fingerprint density at radius 2 is 1.62 bits per heavy atom. The molecule has 4 rings (SSSR count). The summed E-state index contributed by atoms with van der Waals surface area (Å²) in [4.78, 5) is 40.1. The van der Waals surface area contributed by atoms with Gasteiger partial charge in [-0.15, -0.1) is 11.8 Å². The molecule has 9 heteroatoms. The van der Waals surface area contributed by atoms with E-state index in [-0.39, 0.29) is 27.4 Å². The zero-order valence-electron chi connectivity index (χ0n) is 23.0. The van der Waals surface area contributed by atoms with Crippen LogP contribution in [0.3, 0.4) is 0 Å². The van der Waals surface area contributed by atoms with Gasteiger partial charge in [0.15, 0.2) is 0 Å². The fraction of sp³-hybridized carbons (Fsp3) is 0.121. The van der Waals surface area contributed by atoms with Crippen LogP contribution in [-0.4, -0.2) is 23.0 Å². The second-order valence-corrected chi connectivity index (χ2v) is 11.0. The molecule has 0 aliphatic carbocycles. The van der Waals surface area contributed by atoms with E-state index >= 15 is 0 Å². The Balaban J connectivity index is 1.54. The Kier molecular flexibility index (Phi) is 10.5. The number of hydrogen-bond donors (Lipinski definition) is 3. The smallest absolute Gasteiger partial charge is 0.272 e. The summed E-state index contributed by atoms with van der Waals surface area (Å²) >= 11 is 7.57. The van der Waals surface area contributed by atoms with Gasteiger partial charge in [0.05, 0.1) is 10.3 Å². The number of nitrogens with one attached hydrogen (secondary N) is 3. The van der Waals surface area contributed by atoms with Crippen LogP contribution in [0.15, 0.2) is 108 Å². The van der Waals surface area contributed by atoms with Gasteiger partial charge >= 0.3 is 0 Å². The lowest BCUT2D eigenvalue weighted by atomic mass is 10.1. The predicted molar refractivity (Wildman–Crippen MR) is 168 cm³/mol. The summed E-state index contributed by atoms with van der Waals surface area (Å²) in [7, 11) is 0. The fourth-order valence-electron chi connectivity index (χ4n) is 3.99. The van der Waals surface area contributed by atoms with Crippen molar-refractivity contribution in [1.82, 2.24) is 5.32 Å².